The average Bonchev–Trinajstić information content (AvgIpc) is 2.90. The number of carbonyl (C=O) groups is 1. The topological polar surface area (TPSA) is 44.1 Å². The number of nitrogens with zero attached hydrogens (tertiary/aromatic N) is 2. The van der Waals surface area contributed by atoms with Gasteiger partial charge in [0.15, 0.2) is 5.78 Å². The van der Waals surface area contributed by atoms with E-state index in [9.17, 15) is 4.79 Å². The minimum absolute atomic E-state index is 0. The van der Waals surface area contributed by atoms with Crippen LogP contribution in [-0.4, -0.2) is 42.6 Å². The Morgan fingerprint density at radius 3 is 2.38 bits per heavy atom. The molecule has 21 heavy (non-hydrogen) atoms. The van der Waals surface area contributed by atoms with Crippen molar-refractivity contribution in [1.82, 2.24) is 9.55 Å². The van der Waals surface area contributed by atoms with Gasteiger partial charge in [-0.15, -0.1) is 0 Å². The summed E-state index contributed by atoms with van der Waals surface area (Å²) in [5.41, 5.74) is -0.513. The van der Waals surface area contributed by atoms with E-state index in [0.29, 0.717) is 10.8 Å². The SMILES string of the molecule is CC(C)(C)C(=O)C(Oc1ccc(Cl)cc1)n1ccnc1.[PbH2]. The molecule has 0 saturated heterocycles. The molecule has 0 spiro atoms. The van der Waals surface area contributed by atoms with Crippen molar-refractivity contribution < 1.29 is 9.53 Å². The van der Waals surface area contributed by atoms with Gasteiger partial charge in [0.1, 0.15) is 5.75 Å². The molecule has 0 amide bonds. The van der Waals surface area contributed by atoms with Crippen molar-refractivity contribution >= 4 is 44.7 Å². The van der Waals surface area contributed by atoms with Crippen LogP contribution in [0.3, 0.4) is 0 Å². The number of benzene rings is 1. The zero-order valence-corrected chi connectivity index (χ0v) is 18.7. The maximum atomic E-state index is 12.5. The molecule has 1 aromatic heterocycles. The molecule has 0 aliphatic carbocycles. The minimum atomic E-state index is -0.737. The summed E-state index contributed by atoms with van der Waals surface area (Å²) in [5.74, 6) is 0.566. The van der Waals surface area contributed by atoms with Crippen molar-refractivity contribution in [2.24, 2.45) is 5.41 Å². The van der Waals surface area contributed by atoms with E-state index in [1.165, 1.54) is 0 Å². The fourth-order valence-electron chi connectivity index (χ4n) is 1.67. The molecule has 2 rings (SSSR count). The summed E-state index contributed by atoms with van der Waals surface area (Å²) in [4.78, 5) is 16.5. The molecule has 1 heterocycles. The van der Waals surface area contributed by atoms with Crippen LogP contribution in [0.25, 0.3) is 0 Å². The molecule has 0 saturated carbocycles. The zero-order valence-electron chi connectivity index (χ0n) is 12.4. The zero-order chi connectivity index (χ0) is 14.8. The van der Waals surface area contributed by atoms with Crippen LogP contribution in [0.15, 0.2) is 43.0 Å². The normalized spacial score (nSPS) is 12.4. The molecule has 1 atom stereocenters. The second-order valence-electron chi connectivity index (χ2n) is 5.55. The van der Waals surface area contributed by atoms with Crippen molar-refractivity contribution in [1.29, 1.82) is 0 Å². The van der Waals surface area contributed by atoms with E-state index in [1.807, 2.05) is 20.8 Å². The first-order chi connectivity index (χ1) is 9.38. The number of imidazole rings is 1. The molecular formula is C15H19ClN2O2Pb. The Morgan fingerprint density at radius 2 is 1.90 bits per heavy atom. The van der Waals surface area contributed by atoms with E-state index >= 15 is 0 Å². The standard InChI is InChI=1S/C15H17ClN2O2.Pb.2H/c1-15(2,3)13(19)14(18-9-8-17-10-18)20-12-6-4-11(16)5-7-12;;;/h4-10,14H,1-3H3;;;. The third-order valence-electron chi connectivity index (χ3n) is 2.82. The van der Waals surface area contributed by atoms with Crippen LogP contribution in [-0.2, 0) is 4.79 Å². The van der Waals surface area contributed by atoms with Gasteiger partial charge in [0.05, 0.1) is 6.33 Å². The molecule has 0 aliphatic rings. The van der Waals surface area contributed by atoms with Gasteiger partial charge in [-0.05, 0) is 24.3 Å². The van der Waals surface area contributed by atoms with Crippen LogP contribution >= 0.6 is 11.6 Å². The number of halogens is 1. The van der Waals surface area contributed by atoms with Crippen molar-refractivity contribution in [3.63, 3.8) is 0 Å². The first-order valence-electron chi connectivity index (χ1n) is 6.32. The third-order valence-corrected chi connectivity index (χ3v) is 3.07. The number of hydrogen-bond acceptors (Lipinski definition) is 3. The molecule has 2 aromatic rings. The Kier molecular flexibility index (Phi) is 6.40. The van der Waals surface area contributed by atoms with Gasteiger partial charge in [0.2, 0.25) is 6.23 Å². The van der Waals surface area contributed by atoms with Crippen LogP contribution in [0, 0.1) is 5.41 Å². The van der Waals surface area contributed by atoms with Crippen LogP contribution in [0.5, 0.6) is 5.75 Å². The van der Waals surface area contributed by atoms with Gasteiger partial charge in [-0.3, -0.25) is 9.36 Å². The number of aromatic nitrogens is 2. The number of ether oxygens (including phenoxy) is 1. The third kappa shape index (κ3) is 4.81. The Labute approximate surface area is 149 Å². The first kappa shape index (κ1) is 18.2. The molecule has 1 aromatic carbocycles. The van der Waals surface area contributed by atoms with Crippen molar-refractivity contribution in [2.45, 2.75) is 27.0 Å². The predicted molar refractivity (Wildman–Crippen MR) is 86.4 cm³/mol. The summed E-state index contributed by atoms with van der Waals surface area (Å²) < 4.78 is 7.47. The first-order valence-corrected chi connectivity index (χ1v) is 6.70. The summed E-state index contributed by atoms with van der Waals surface area (Å²) in [6.07, 6.45) is 4.17. The van der Waals surface area contributed by atoms with Gasteiger partial charge in [0.25, 0.3) is 0 Å². The number of carbonyl (C=O) groups excluding carboxylic acids is 1. The van der Waals surface area contributed by atoms with Crippen LogP contribution in [0.2, 0.25) is 5.02 Å². The van der Waals surface area contributed by atoms with Crippen molar-refractivity contribution in [3.05, 3.63) is 48.0 Å². The van der Waals surface area contributed by atoms with E-state index in [2.05, 4.69) is 4.98 Å². The number of rotatable bonds is 4. The fourth-order valence-corrected chi connectivity index (χ4v) is 1.80. The van der Waals surface area contributed by atoms with E-state index in [-0.39, 0.29) is 33.1 Å². The van der Waals surface area contributed by atoms with E-state index in [4.69, 9.17) is 16.3 Å². The molecule has 0 N–H and O–H groups in total. The molecule has 0 aliphatic heterocycles. The Bertz CT molecular complexity index is 577. The van der Waals surface area contributed by atoms with E-state index in [1.54, 1.807) is 47.6 Å². The van der Waals surface area contributed by atoms with Gasteiger partial charge in [-0.1, -0.05) is 32.4 Å². The average molecular weight is 502 g/mol. The Hall–Kier alpha value is -0.888. The Balaban J connectivity index is 0.00000220. The summed E-state index contributed by atoms with van der Waals surface area (Å²) in [6, 6.07) is 6.93. The van der Waals surface area contributed by atoms with Gasteiger partial charge in [-0.25, -0.2) is 4.98 Å². The number of ketones is 1. The summed E-state index contributed by atoms with van der Waals surface area (Å²) >= 11 is 5.85. The maximum absolute atomic E-state index is 12.5. The molecule has 2 radical (unpaired) electrons. The van der Waals surface area contributed by atoms with Crippen LogP contribution in [0.1, 0.15) is 27.0 Å². The van der Waals surface area contributed by atoms with Crippen LogP contribution in [0.4, 0.5) is 0 Å². The molecule has 4 nitrogen and oxygen atoms in total. The molecule has 6 heteroatoms. The second kappa shape index (κ2) is 7.40. The fraction of sp³-hybridized carbons (Fsp3) is 0.333. The molecular weight excluding hydrogens is 483 g/mol. The van der Waals surface area contributed by atoms with Gasteiger partial charge in [-0.2, -0.15) is 0 Å². The van der Waals surface area contributed by atoms with Gasteiger partial charge in [0, 0.05) is 22.8 Å². The van der Waals surface area contributed by atoms with E-state index in [0.717, 1.165) is 0 Å². The monoisotopic (exact) mass is 502 g/mol. The molecule has 0 bridgehead atoms. The molecule has 112 valence electrons. The van der Waals surface area contributed by atoms with Crippen molar-refractivity contribution in [3.8, 4) is 5.75 Å². The number of Topliss-reactive ketones (excluding diaryl/α,β-unsaturated/α-hetero) is 1. The van der Waals surface area contributed by atoms with Crippen molar-refractivity contribution in [2.75, 3.05) is 0 Å². The number of hydrogen-bond donors (Lipinski definition) is 0. The summed E-state index contributed by atoms with van der Waals surface area (Å²) in [7, 11) is 0. The van der Waals surface area contributed by atoms with Gasteiger partial charge < -0.3 is 4.74 Å². The van der Waals surface area contributed by atoms with Gasteiger partial charge >= 0.3 is 27.3 Å². The second-order valence-corrected chi connectivity index (χ2v) is 5.98. The Morgan fingerprint density at radius 1 is 1.29 bits per heavy atom. The predicted octanol–water partition coefficient (Wildman–Crippen LogP) is 2.81. The van der Waals surface area contributed by atoms with E-state index < -0.39 is 11.6 Å². The summed E-state index contributed by atoms with van der Waals surface area (Å²) in [6.45, 7) is 5.60. The molecule has 1 unspecified atom stereocenters. The summed E-state index contributed by atoms with van der Waals surface area (Å²) in [5, 5.41) is 0.624. The quantitative estimate of drug-likeness (QED) is 0.605. The van der Waals surface area contributed by atoms with Crippen LogP contribution < -0.4 is 4.74 Å². The molecule has 0 fully saturated rings.